The van der Waals surface area contributed by atoms with Crippen LogP contribution in [0.4, 0.5) is 13.2 Å². The molecule has 0 saturated carbocycles. The smallest absolute Gasteiger partial charge is 0.197 e. The van der Waals surface area contributed by atoms with Crippen molar-refractivity contribution in [3.63, 3.8) is 0 Å². The summed E-state index contributed by atoms with van der Waals surface area (Å²) in [6, 6.07) is 2.28. The van der Waals surface area contributed by atoms with Crippen LogP contribution < -0.4 is 0 Å². The average molecular weight is 328 g/mol. The van der Waals surface area contributed by atoms with Gasteiger partial charge in [0.05, 0.1) is 11.3 Å². The Balaban J connectivity index is 2.31. The molecule has 0 fully saturated rings. The zero-order valence-corrected chi connectivity index (χ0v) is 12.2. The summed E-state index contributed by atoms with van der Waals surface area (Å²) in [5.74, 6) is 0. The Morgan fingerprint density at radius 3 is 2.36 bits per heavy atom. The standard InChI is InChI=1S/C13H9ClF3N5/c1-5-6(2)12(14)21-18-9(5)7-3-4-8(13(15,16)17)11-10(7)19-22-20-11/h3-4H,1-2H3,(H,19,20,22). The van der Waals surface area contributed by atoms with Crippen molar-refractivity contribution >= 4 is 22.6 Å². The van der Waals surface area contributed by atoms with Gasteiger partial charge in [0.25, 0.3) is 0 Å². The SMILES string of the molecule is Cc1c(Cl)nnc(-c2ccc(C(F)(F)F)c3n[nH]nc23)c1C. The zero-order valence-electron chi connectivity index (χ0n) is 11.5. The number of halogens is 4. The Kier molecular flexibility index (Phi) is 3.28. The molecule has 2 heterocycles. The molecule has 0 aliphatic rings. The van der Waals surface area contributed by atoms with Crippen molar-refractivity contribution in [3.05, 3.63) is 34.0 Å². The lowest BCUT2D eigenvalue weighted by molar-refractivity contribution is -0.136. The van der Waals surface area contributed by atoms with Gasteiger partial charge in [-0.15, -0.1) is 10.2 Å². The first-order valence-corrected chi connectivity index (χ1v) is 6.59. The predicted molar refractivity (Wildman–Crippen MR) is 74.4 cm³/mol. The van der Waals surface area contributed by atoms with Gasteiger partial charge in [-0.3, -0.25) is 0 Å². The van der Waals surface area contributed by atoms with Gasteiger partial charge in [-0.25, -0.2) is 0 Å². The molecule has 22 heavy (non-hydrogen) atoms. The maximum absolute atomic E-state index is 13.0. The number of alkyl halides is 3. The molecule has 3 aromatic rings. The first-order valence-electron chi connectivity index (χ1n) is 6.21. The van der Waals surface area contributed by atoms with E-state index < -0.39 is 11.7 Å². The highest BCUT2D eigenvalue weighted by atomic mass is 35.5. The molecule has 0 radical (unpaired) electrons. The van der Waals surface area contributed by atoms with E-state index in [1.807, 2.05) is 0 Å². The van der Waals surface area contributed by atoms with E-state index in [1.165, 1.54) is 6.07 Å². The third-order valence-corrected chi connectivity index (χ3v) is 3.86. The summed E-state index contributed by atoms with van der Waals surface area (Å²) in [6.45, 7) is 3.54. The number of H-pyrrole nitrogens is 1. The number of hydrogen-bond acceptors (Lipinski definition) is 4. The van der Waals surface area contributed by atoms with Crippen LogP contribution in [-0.2, 0) is 6.18 Å². The van der Waals surface area contributed by atoms with Gasteiger partial charge in [0, 0.05) is 5.56 Å². The lowest BCUT2D eigenvalue weighted by Crippen LogP contribution is -2.06. The molecule has 9 heteroatoms. The molecule has 0 unspecified atom stereocenters. The Morgan fingerprint density at radius 1 is 1.00 bits per heavy atom. The number of hydrogen-bond donors (Lipinski definition) is 1. The maximum Gasteiger partial charge on any atom is 0.418 e. The summed E-state index contributed by atoms with van der Waals surface area (Å²) >= 11 is 5.90. The highest BCUT2D eigenvalue weighted by Crippen LogP contribution is 2.37. The van der Waals surface area contributed by atoms with Crippen molar-refractivity contribution in [2.45, 2.75) is 20.0 Å². The van der Waals surface area contributed by atoms with Crippen LogP contribution in [-0.4, -0.2) is 25.6 Å². The Bertz CT molecular complexity index is 872. The van der Waals surface area contributed by atoms with Gasteiger partial charge in [-0.05, 0) is 37.1 Å². The first kappa shape index (κ1) is 14.7. The Morgan fingerprint density at radius 2 is 1.68 bits per heavy atom. The fourth-order valence-corrected chi connectivity index (χ4v) is 2.36. The number of benzene rings is 1. The molecule has 0 aliphatic carbocycles. The molecule has 0 amide bonds. The second-order valence-electron chi connectivity index (χ2n) is 4.77. The Hall–Kier alpha value is -2.22. The lowest BCUT2D eigenvalue weighted by Gasteiger charge is -2.11. The summed E-state index contributed by atoms with van der Waals surface area (Å²) in [6.07, 6.45) is -4.51. The van der Waals surface area contributed by atoms with Crippen LogP contribution in [0, 0.1) is 13.8 Å². The quantitative estimate of drug-likeness (QED) is 0.740. The second-order valence-corrected chi connectivity index (χ2v) is 5.13. The van der Waals surface area contributed by atoms with E-state index in [0.717, 1.165) is 11.6 Å². The van der Waals surface area contributed by atoms with Gasteiger partial charge in [0.15, 0.2) is 5.15 Å². The van der Waals surface area contributed by atoms with Crippen molar-refractivity contribution in [1.82, 2.24) is 25.6 Å². The van der Waals surface area contributed by atoms with Gasteiger partial charge in [0.2, 0.25) is 0 Å². The summed E-state index contributed by atoms with van der Waals surface area (Å²) in [7, 11) is 0. The van der Waals surface area contributed by atoms with Crippen LogP contribution in [0.2, 0.25) is 5.15 Å². The van der Waals surface area contributed by atoms with Gasteiger partial charge < -0.3 is 0 Å². The number of nitrogens with zero attached hydrogens (tertiary/aromatic N) is 4. The molecule has 2 aromatic heterocycles. The zero-order chi connectivity index (χ0) is 16.1. The fourth-order valence-electron chi connectivity index (χ4n) is 2.18. The van der Waals surface area contributed by atoms with E-state index in [2.05, 4.69) is 25.6 Å². The highest BCUT2D eigenvalue weighted by molar-refractivity contribution is 6.30. The van der Waals surface area contributed by atoms with E-state index in [1.54, 1.807) is 13.8 Å². The van der Waals surface area contributed by atoms with Gasteiger partial charge >= 0.3 is 6.18 Å². The van der Waals surface area contributed by atoms with E-state index in [0.29, 0.717) is 16.8 Å². The molecule has 0 saturated heterocycles. The second kappa shape index (κ2) is 4.91. The highest BCUT2D eigenvalue weighted by Gasteiger charge is 2.34. The summed E-state index contributed by atoms with van der Waals surface area (Å²) in [5, 5.41) is 17.7. The molecule has 1 aromatic carbocycles. The number of nitrogens with one attached hydrogen (secondary N) is 1. The Labute approximate surface area is 127 Å². The summed E-state index contributed by atoms with van der Waals surface area (Å²) in [4.78, 5) is 0. The van der Waals surface area contributed by atoms with E-state index >= 15 is 0 Å². The van der Waals surface area contributed by atoms with Crippen LogP contribution >= 0.6 is 11.6 Å². The maximum atomic E-state index is 13.0. The fraction of sp³-hybridized carbons (Fsp3) is 0.231. The van der Waals surface area contributed by atoms with Crippen molar-refractivity contribution < 1.29 is 13.2 Å². The van der Waals surface area contributed by atoms with E-state index in [9.17, 15) is 13.2 Å². The minimum Gasteiger partial charge on any atom is -0.197 e. The molecule has 114 valence electrons. The van der Waals surface area contributed by atoms with Crippen molar-refractivity contribution in [2.24, 2.45) is 0 Å². The number of aromatic amines is 1. The summed E-state index contributed by atoms with van der Waals surface area (Å²) < 4.78 is 39.0. The van der Waals surface area contributed by atoms with Gasteiger partial charge in [-0.2, -0.15) is 28.6 Å². The van der Waals surface area contributed by atoms with E-state index in [-0.39, 0.29) is 16.2 Å². The molecule has 0 bridgehead atoms. The number of rotatable bonds is 1. The van der Waals surface area contributed by atoms with Crippen molar-refractivity contribution in [2.75, 3.05) is 0 Å². The largest absolute Gasteiger partial charge is 0.418 e. The lowest BCUT2D eigenvalue weighted by atomic mass is 10.0. The minimum absolute atomic E-state index is 0.0916. The predicted octanol–water partition coefficient (Wildman–Crippen LogP) is 3.70. The normalized spacial score (nSPS) is 12.1. The monoisotopic (exact) mass is 327 g/mol. The van der Waals surface area contributed by atoms with Crippen LogP contribution in [0.3, 0.4) is 0 Å². The first-order chi connectivity index (χ1) is 10.3. The molecule has 1 N–H and O–H groups in total. The molecule has 0 aliphatic heterocycles. The van der Waals surface area contributed by atoms with Crippen LogP contribution in [0.25, 0.3) is 22.3 Å². The molecule has 3 rings (SSSR count). The molecule has 5 nitrogen and oxygen atoms in total. The average Bonchev–Trinajstić information content (AvgIpc) is 2.92. The van der Waals surface area contributed by atoms with E-state index in [4.69, 9.17) is 11.6 Å². The van der Waals surface area contributed by atoms with Gasteiger partial charge in [-0.1, -0.05) is 11.6 Å². The minimum atomic E-state index is -4.51. The van der Waals surface area contributed by atoms with Crippen LogP contribution in [0.1, 0.15) is 16.7 Å². The molecular weight excluding hydrogens is 319 g/mol. The molecular formula is C13H9ClF3N5. The summed E-state index contributed by atoms with van der Waals surface area (Å²) in [5.41, 5.74) is 1.27. The van der Waals surface area contributed by atoms with Crippen LogP contribution in [0.5, 0.6) is 0 Å². The molecule has 0 spiro atoms. The van der Waals surface area contributed by atoms with Gasteiger partial charge in [0.1, 0.15) is 11.0 Å². The number of fused-ring (bicyclic) bond motifs is 1. The topological polar surface area (TPSA) is 67.3 Å². The number of aromatic nitrogens is 5. The van der Waals surface area contributed by atoms with Crippen LogP contribution in [0.15, 0.2) is 12.1 Å². The molecule has 0 atom stereocenters. The van der Waals surface area contributed by atoms with Crippen molar-refractivity contribution in [3.8, 4) is 11.3 Å². The van der Waals surface area contributed by atoms with Crippen molar-refractivity contribution in [1.29, 1.82) is 0 Å². The third kappa shape index (κ3) is 2.19. The third-order valence-electron chi connectivity index (χ3n) is 3.50.